The van der Waals surface area contributed by atoms with Gasteiger partial charge in [-0.2, -0.15) is 0 Å². The van der Waals surface area contributed by atoms with E-state index in [4.69, 9.17) is 4.74 Å². The van der Waals surface area contributed by atoms with E-state index in [0.29, 0.717) is 13.0 Å². The highest BCUT2D eigenvalue weighted by Gasteiger charge is 2.24. The Kier molecular flexibility index (Phi) is 6.09. The summed E-state index contributed by atoms with van der Waals surface area (Å²) in [7, 11) is 0. The molecule has 5 nitrogen and oxygen atoms in total. The van der Waals surface area contributed by atoms with E-state index < -0.39 is 0 Å². The number of thiazole rings is 1. The molecule has 1 saturated heterocycles. The number of ether oxygens (including phenoxy) is 1. The summed E-state index contributed by atoms with van der Waals surface area (Å²) in [5.41, 5.74) is 2.86. The summed E-state index contributed by atoms with van der Waals surface area (Å²) in [5.74, 6) is 0.138. The van der Waals surface area contributed by atoms with Crippen LogP contribution in [-0.2, 0) is 22.6 Å². The molecule has 1 amide bonds. The third-order valence-electron chi connectivity index (χ3n) is 4.89. The Morgan fingerprint density at radius 2 is 1.89 bits per heavy atom. The molecule has 3 heterocycles. The zero-order chi connectivity index (χ0) is 19.2. The molecule has 0 aliphatic carbocycles. The fourth-order valence-electron chi connectivity index (χ4n) is 3.32. The number of aromatic nitrogens is 2. The highest BCUT2D eigenvalue weighted by Crippen LogP contribution is 2.22. The minimum Gasteiger partial charge on any atom is -0.373 e. The van der Waals surface area contributed by atoms with Gasteiger partial charge in [0, 0.05) is 24.7 Å². The number of carbonyl (C=O) groups is 1. The number of piperidine rings is 1. The summed E-state index contributed by atoms with van der Waals surface area (Å²) in [6, 6.07) is 16.0. The molecule has 0 atom stereocenters. The lowest BCUT2D eigenvalue weighted by Crippen LogP contribution is -2.41. The normalized spacial score (nSPS) is 14.9. The van der Waals surface area contributed by atoms with E-state index in [0.717, 1.165) is 42.3 Å². The van der Waals surface area contributed by atoms with Crippen molar-refractivity contribution in [3.63, 3.8) is 0 Å². The molecule has 144 valence electrons. The predicted molar refractivity (Wildman–Crippen MR) is 110 cm³/mol. The molecule has 6 heteroatoms. The molecule has 0 unspecified atom stereocenters. The molecule has 28 heavy (non-hydrogen) atoms. The summed E-state index contributed by atoms with van der Waals surface area (Å²) in [5, 5.41) is 2.81. The highest BCUT2D eigenvalue weighted by atomic mass is 32.1. The van der Waals surface area contributed by atoms with Crippen LogP contribution in [0.5, 0.6) is 0 Å². The second-order valence-corrected chi connectivity index (χ2v) is 7.77. The number of rotatable bonds is 6. The molecule has 1 aliphatic heterocycles. The van der Waals surface area contributed by atoms with Gasteiger partial charge in [-0.25, -0.2) is 4.98 Å². The van der Waals surface area contributed by atoms with Crippen LogP contribution < -0.4 is 0 Å². The van der Waals surface area contributed by atoms with Crippen LogP contribution in [0.2, 0.25) is 0 Å². The first kappa shape index (κ1) is 18.8. The Balaban J connectivity index is 1.25. The lowest BCUT2D eigenvalue weighted by molar-refractivity contribution is -0.133. The first-order valence-corrected chi connectivity index (χ1v) is 10.4. The number of likely N-dealkylation sites (tertiary alicyclic amines) is 1. The SMILES string of the molecule is O=C(Cc1csc(-c2ccccn2)n1)N1CCC(OCc2ccccc2)CC1. The maximum Gasteiger partial charge on any atom is 0.228 e. The van der Waals surface area contributed by atoms with Gasteiger partial charge in [0.25, 0.3) is 0 Å². The van der Waals surface area contributed by atoms with Crippen LogP contribution in [0, 0.1) is 0 Å². The van der Waals surface area contributed by atoms with Crippen molar-refractivity contribution >= 4 is 17.2 Å². The highest BCUT2D eigenvalue weighted by molar-refractivity contribution is 7.13. The molecule has 0 spiro atoms. The third kappa shape index (κ3) is 4.82. The Morgan fingerprint density at radius 3 is 2.64 bits per heavy atom. The fourth-order valence-corrected chi connectivity index (χ4v) is 4.12. The number of benzene rings is 1. The minimum absolute atomic E-state index is 0.138. The van der Waals surface area contributed by atoms with E-state index in [1.54, 1.807) is 6.20 Å². The van der Waals surface area contributed by atoms with Crippen molar-refractivity contribution in [3.05, 3.63) is 71.4 Å². The van der Waals surface area contributed by atoms with E-state index in [1.807, 2.05) is 46.7 Å². The Morgan fingerprint density at radius 1 is 1.11 bits per heavy atom. The van der Waals surface area contributed by atoms with Crippen LogP contribution in [0.1, 0.15) is 24.1 Å². The van der Waals surface area contributed by atoms with Crippen molar-refractivity contribution < 1.29 is 9.53 Å². The van der Waals surface area contributed by atoms with Gasteiger partial charge < -0.3 is 9.64 Å². The summed E-state index contributed by atoms with van der Waals surface area (Å²) in [6.45, 7) is 2.12. The largest absolute Gasteiger partial charge is 0.373 e. The number of nitrogens with zero attached hydrogens (tertiary/aromatic N) is 3. The molecule has 0 radical (unpaired) electrons. The standard InChI is InChI=1S/C22H23N3O2S/c26-21(14-18-16-28-22(24-18)20-8-4-5-11-23-20)25-12-9-19(10-13-25)27-15-17-6-2-1-3-7-17/h1-8,11,16,19H,9-10,12-15H2. The maximum atomic E-state index is 12.6. The second kappa shape index (κ2) is 9.08. The van der Waals surface area contributed by atoms with Crippen LogP contribution in [0.25, 0.3) is 10.7 Å². The van der Waals surface area contributed by atoms with Gasteiger partial charge >= 0.3 is 0 Å². The van der Waals surface area contributed by atoms with E-state index in [-0.39, 0.29) is 12.0 Å². The van der Waals surface area contributed by atoms with Crippen molar-refractivity contribution in [3.8, 4) is 10.7 Å². The first-order chi connectivity index (χ1) is 13.8. The smallest absolute Gasteiger partial charge is 0.228 e. The molecular formula is C22H23N3O2S. The average molecular weight is 394 g/mol. The van der Waals surface area contributed by atoms with Gasteiger partial charge in [-0.15, -0.1) is 11.3 Å². The number of hydrogen-bond acceptors (Lipinski definition) is 5. The average Bonchev–Trinajstić information content (AvgIpc) is 3.22. The zero-order valence-corrected chi connectivity index (χ0v) is 16.5. The molecule has 2 aromatic heterocycles. The molecule has 0 N–H and O–H groups in total. The van der Waals surface area contributed by atoms with Gasteiger partial charge in [0.05, 0.1) is 30.5 Å². The van der Waals surface area contributed by atoms with Crippen molar-refractivity contribution in [2.75, 3.05) is 13.1 Å². The predicted octanol–water partition coefficient (Wildman–Crippen LogP) is 3.96. The Hall–Kier alpha value is -2.57. The number of pyridine rings is 1. The number of amides is 1. The number of carbonyl (C=O) groups excluding carboxylic acids is 1. The fraction of sp³-hybridized carbons (Fsp3) is 0.318. The number of hydrogen-bond donors (Lipinski definition) is 0. The monoisotopic (exact) mass is 393 g/mol. The Labute approximate surface area is 169 Å². The van der Waals surface area contributed by atoms with Crippen LogP contribution in [0.15, 0.2) is 60.1 Å². The molecule has 1 aromatic carbocycles. The molecule has 0 saturated carbocycles. The van der Waals surface area contributed by atoms with Crippen LogP contribution >= 0.6 is 11.3 Å². The van der Waals surface area contributed by atoms with E-state index in [9.17, 15) is 4.79 Å². The second-order valence-electron chi connectivity index (χ2n) is 6.91. The lowest BCUT2D eigenvalue weighted by Gasteiger charge is -2.32. The van der Waals surface area contributed by atoms with Crippen molar-refractivity contribution in [2.45, 2.75) is 32.0 Å². The minimum atomic E-state index is 0.138. The lowest BCUT2D eigenvalue weighted by atomic mass is 10.1. The summed E-state index contributed by atoms with van der Waals surface area (Å²) in [6.07, 6.45) is 4.09. The van der Waals surface area contributed by atoms with Gasteiger partial charge in [-0.3, -0.25) is 9.78 Å². The third-order valence-corrected chi connectivity index (χ3v) is 5.80. The van der Waals surface area contributed by atoms with Crippen LogP contribution in [-0.4, -0.2) is 40.0 Å². The Bertz CT molecular complexity index is 890. The van der Waals surface area contributed by atoms with E-state index >= 15 is 0 Å². The van der Waals surface area contributed by atoms with Crippen molar-refractivity contribution in [1.29, 1.82) is 0 Å². The summed E-state index contributed by atoms with van der Waals surface area (Å²) < 4.78 is 6.01. The van der Waals surface area contributed by atoms with Crippen molar-refractivity contribution in [1.82, 2.24) is 14.9 Å². The molecule has 1 aliphatic rings. The van der Waals surface area contributed by atoms with Crippen LogP contribution in [0.4, 0.5) is 0 Å². The summed E-state index contributed by atoms with van der Waals surface area (Å²) in [4.78, 5) is 23.5. The topological polar surface area (TPSA) is 55.3 Å². The van der Waals surface area contributed by atoms with E-state index in [2.05, 4.69) is 22.1 Å². The van der Waals surface area contributed by atoms with Gasteiger partial charge in [0.1, 0.15) is 5.01 Å². The van der Waals surface area contributed by atoms with Gasteiger partial charge in [0.2, 0.25) is 5.91 Å². The van der Waals surface area contributed by atoms with E-state index in [1.165, 1.54) is 16.9 Å². The quantitative estimate of drug-likeness (QED) is 0.636. The molecule has 3 aromatic rings. The maximum absolute atomic E-state index is 12.6. The zero-order valence-electron chi connectivity index (χ0n) is 15.7. The van der Waals surface area contributed by atoms with Gasteiger partial charge in [-0.1, -0.05) is 36.4 Å². The van der Waals surface area contributed by atoms with Crippen molar-refractivity contribution in [2.24, 2.45) is 0 Å². The van der Waals surface area contributed by atoms with Gasteiger partial charge in [0.15, 0.2) is 0 Å². The molecule has 1 fully saturated rings. The first-order valence-electron chi connectivity index (χ1n) is 9.57. The molecule has 0 bridgehead atoms. The molecular weight excluding hydrogens is 370 g/mol. The van der Waals surface area contributed by atoms with Crippen LogP contribution in [0.3, 0.4) is 0 Å². The van der Waals surface area contributed by atoms with Gasteiger partial charge in [-0.05, 0) is 30.5 Å². The summed E-state index contributed by atoms with van der Waals surface area (Å²) >= 11 is 1.53. The molecule has 4 rings (SSSR count).